The third kappa shape index (κ3) is 3.85. The van der Waals surface area contributed by atoms with E-state index >= 15 is 0 Å². The van der Waals surface area contributed by atoms with E-state index in [9.17, 15) is 18.3 Å². The summed E-state index contributed by atoms with van der Waals surface area (Å²) in [7, 11) is 0. The monoisotopic (exact) mass is 246 g/mol. The fraction of sp³-hybridized carbons (Fsp3) is 0.300. The lowest BCUT2D eigenvalue weighted by Crippen LogP contribution is -2.17. The minimum Gasteiger partial charge on any atom is -0.508 e. The van der Waals surface area contributed by atoms with Gasteiger partial charge < -0.3 is 15.6 Å². The Balaban J connectivity index is 2.99. The molecule has 1 rings (SSSR count). The summed E-state index contributed by atoms with van der Waals surface area (Å²) < 4.78 is 39.5. The molecular weight excluding hydrogens is 237 g/mol. The standard InChI is InChI=1S/C10H9F3N2O2/c11-10(12,13)17-6-1-2-9(16)7(5-6)8(15)3-4-14/h1-2,5,8,16H,3,15H2/t8-/m0/s1. The number of nitrogens with two attached hydrogens (primary N) is 1. The van der Waals surface area contributed by atoms with Crippen LogP contribution in [-0.2, 0) is 0 Å². The average Bonchev–Trinajstić information content (AvgIpc) is 2.19. The summed E-state index contributed by atoms with van der Waals surface area (Å²) in [6, 6.07) is 3.86. The predicted molar refractivity (Wildman–Crippen MR) is 51.9 cm³/mol. The number of rotatable bonds is 3. The maximum atomic E-state index is 12.0. The van der Waals surface area contributed by atoms with Gasteiger partial charge in [0.05, 0.1) is 12.5 Å². The van der Waals surface area contributed by atoms with Crippen molar-refractivity contribution in [3.63, 3.8) is 0 Å². The SMILES string of the molecule is N#CC[C@H](N)c1cc(OC(F)(F)F)ccc1O. The number of nitriles is 1. The highest BCUT2D eigenvalue weighted by Gasteiger charge is 2.31. The van der Waals surface area contributed by atoms with Gasteiger partial charge in [-0.1, -0.05) is 0 Å². The number of phenolic OH excluding ortho intramolecular Hbond substituents is 1. The van der Waals surface area contributed by atoms with E-state index in [1.807, 2.05) is 0 Å². The van der Waals surface area contributed by atoms with Crippen LogP contribution in [-0.4, -0.2) is 11.5 Å². The second kappa shape index (κ2) is 4.93. The molecule has 4 nitrogen and oxygen atoms in total. The van der Waals surface area contributed by atoms with E-state index in [2.05, 4.69) is 4.74 Å². The van der Waals surface area contributed by atoms with Gasteiger partial charge in [0.1, 0.15) is 11.5 Å². The van der Waals surface area contributed by atoms with Gasteiger partial charge in [-0.2, -0.15) is 5.26 Å². The minimum absolute atomic E-state index is 0.0355. The third-order valence-electron chi connectivity index (χ3n) is 1.94. The van der Waals surface area contributed by atoms with Crippen LogP contribution < -0.4 is 10.5 Å². The minimum atomic E-state index is -4.81. The van der Waals surface area contributed by atoms with Gasteiger partial charge in [0.2, 0.25) is 0 Å². The van der Waals surface area contributed by atoms with Gasteiger partial charge in [0, 0.05) is 11.6 Å². The largest absolute Gasteiger partial charge is 0.573 e. The van der Waals surface area contributed by atoms with Gasteiger partial charge in [0.15, 0.2) is 0 Å². The first kappa shape index (κ1) is 13.1. The van der Waals surface area contributed by atoms with Crippen molar-refractivity contribution in [1.82, 2.24) is 0 Å². The summed E-state index contributed by atoms with van der Waals surface area (Å²) in [5.41, 5.74) is 5.56. The number of phenols is 1. The second-order valence-electron chi connectivity index (χ2n) is 3.24. The quantitative estimate of drug-likeness (QED) is 0.856. The average molecular weight is 246 g/mol. The molecule has 92 valence electrons. The molecule has 0 aliphatic carbocycles. The van der Waals surface area contributed by atoms with Crippen LogP contribution in [0.1, 0.15) is 18.0 Å². The molecule has 0 unspecified atom stereocenters. The lowest BCUT2D eigenvalue weighted by molar-refractivity contribution is -0.274. The molecule has 0 amide bonds. The molecule has 0 saturated carbocycles. The molecule has 0 fully saturated rings. The first-order valence-electron chi connectivity index (χ1n) is 4.54. The highest BCUT2D eigenvalue weighted by molar-refractivity contribution is 5.41. The van der Waals surface area contributed by atoms with Crippen LogP contribution >= 0.6 is 0 Å². The number of hydrogen-bond donors (Lipinski definition) is 2. The summed E-state index contributed by atoms with van der Waals surface area (Å²) in [5, 5.41) is 17.8. The molecule has 0 aromatic heterocycles. The first-order chi connectivity index (χ1) is 7.83. The van der Waals surface area contributed by atoms with Crippen LogP contribution in [0.3, 0.4) is 0 Å². The smallest absolute Gasteiger partial charge is 0.508 e. The lowest BCUT2D eigenvalue weighted by Gasteiger charge is -2.13. The predicted octanol–water partition coefficient (Wildman–Crippen LogP) is 2.20. The molecule has 1 aromatic rings. The Labute approximate surface area is 95.0 Å². The van der Waals surface area contributed by atoms with E-state index in [1.54, 1.807) is 6.07 Å². The molecule has 0 radical (unpaired) electrons. The van der Waals surface area contributed by atoms with E-state index < -0.39 is 18.2 Å². The van der Waals surface area contributed by atoms with Gasteiger partial charge in [-0.25, -0.2) is 0 Å². The third-order valence-corrected chi connectivity index (χ3v) is 1.94. The molecule has 0 saturated heterocycles. The number of ether oxygens (including phenoxy) is 1. The second-order valence-corrected chi connectivity index (χ2v) is 3.24. The maximum absolute atomic E-state index is 12.0. The van der Waals surface area contributed by atoms with Crippen LogP contribution in [0.5, 0.6) is 11.5 Å². The molecule has 7 heteroatoms. The van der Waals surface area contributed by atoms with Crippen molar-refractivity contribution in [2.45, 2.75) is 18.8 Å². The zero-order valence-electron chi connectivity index (χ0n) is 8.53. The lowest BCUT2D eigenvalue weighted by atomic mass is 10.0. The Morgan fingerprint density at radius 2 is 2.12 bits per heavy atom. The Morgan fingerprint density at radius 1 is 1.47 bits per heavy atom. The number of alkyl halides is 3. The number of nitrogens with zero attached hydrogens (tertiary/aromatic N) is 1. The van der Waals surface area contributed by atoms with Gasteiger partial charge in [-0.3, -0.25) is 0 Å². The highest BCUT2D eigenvalue weighted by Crippen LogP contribution is 2.31. The molecule has 0 heterocycles. The zero-order valence-corrected chi connectivity index (χ0v) is 8.53. The van der Waals surface area contributed by atoms with E-state index in [0.29, 0.717) is 0 Å². The van der Waals surface area contributed by atoms with Crippen LogP contribution in [0.15, 0.2) is 18.2 Å². The van der Waals surface area contributed by atoms with E-state index in [0.717, 1.165) is 18.2 Å². The number of aromatic hydroxyl groups is 1. The molecular formula is C10H9F3N2O2. The van der Waals surface area contributed by atoms with Crippen molar-refractivity contribution >= 4 is 0 Å². The van der Waals surface area contributed by atoms with Gasteiger partial charge in [-0.05, 0) is 18.2 Å². The summed E-state index contributed by atoms with van der Waals surface area (Å²) in [4.78, 5) is 0. The Hall–Kier alpha value is -1.94. The molecule has 0 aliphatic rings. The Bertz CT molecular complexity index is 440. The molecule has 0 bridgehead atoms. The van der Waals surface area contributed by atoms with Crippen LogP contribution in [0.4, 0.5) is 13.2 Å². The molecule has 0 aliphatic heterocycles. The van der Waals surface area contributed by atoms with Crippen molar-refractivity contribution < 1.29 is 23.0 Å². The van der Waals surface area contributed by atoms with Crippen molar-refractivity contribution in [3.05, 3.63) is 23.8 Å². The molecule has 1 aromatic carbocycles. The van der Waals surface area contributed by atoms with E-state index in [4.69, 9.17) is 11.0 Å². The Morgan fingerprint density at radius 3 is 2.65 bits per heavy atom. The first-order valence-corrected chi connectivity index (χ1v) is 4.54. The molecule has 1 atom stereocenters. The zero-order chi connectivity index (χ0) is 13.1. The van der Waals surface area contributed by atoms with Crippen molar-refractivity contribution in [1.29, 1.82) is 5.26 Å². The molecule has 3 N–H and O–H groups in total. The van der Waals surface area contributed by atoms with Crippen LogP contribution in [0, 0.1) is 11.3 Å². The topological polar surface area (TPSA) is 79.3 Å². The number of hydrogen-bond acceptors (Lipinski definition) is 4. The summed E-state index contributed by atoms with van der Waals surface area (Å²) in [5.74, 6) is -0.763. The number of benzene rings is 1. The Kier molecular flexibility index (Phi) is 3.81. The van der Waals surface area contributed by atoms with Crippen molar-refractivity contribution in [2.75, 3.05) is 0 Å². The van der Waals surface area contributed by atoms with E-state index in [-0.39, 0.29) is 17.7 Å². The summed E-state index contributed by atoms with van der Waals surface area (Å²) in [6.45, 7) is 0. The van der Waals surface area contributed by atoms with E-state index in [1.165, 1.54) is 0 Å². The van der Waals surface area contributed by atoms with Crippen LogP contribution in [0.2, 0.25) is 0 Å². The highest BCUT2D eigenvalue weighted by atomic mass is 19.4. The summed E-state index contributed by atoms with van der Waals surface area (Å²) in [6.07, 6.45) is -4.93. The molecule has 0 spiro atoms. The van der Waals surface area contributed by atoms with Gasteiger partial charge in [0.25, 0.3) is 0 Å². The van der Waals surface area contributed by atoms with Gasteiger partial charge >= 0.3 is 6.36 Å². The van der Waals surface area contributed by atoms with Crippen LogP contribution in [0.25, 0.3) is 0 Å². The fourth-order valence-electron chi connectivity index (χ4n) is 1.24. The van der Waals surface area contributed by atoms with Crippen molar-refractivity contribution in [2.24, 2.45) is 5.73 Å². The summed E-state index contributed by atoms with van der Waals surface area (Å²) >= 11 is 0. The van der Waals surface area contributed by atoms with Crippen molar-refractivity contribution in [3.8, 4) is 17.6 Å². The number of halogens is 3. The maximum Gasteiger partial charge on any atom is 0.573 e. The van der Waals surface area contributed by atoms with Gasteiger partial charge in [-0.15, -0.1) is 13.2 Å². The normalized spacial score (nSPS) is 12.9. The fourth-order valence-corrected chi connectivity index (χ4v) is 1.24. The molecule has 17 heavy (non-hydrogen) atoms.